The molecular formula is C24H19N3O5. The number of hydrogen-bond donors (Lipinski definition) is 0. The quantitative estimate of drug-likeness (QED) is 0.262. The predicted molar refractivity (Wildman–Crippen MR) is 119 cm³/mol. The number of aryl methyl sites for hydroxylation is 1. The van der Waals surface area contributed by atoms with Gasteiger partial charge >= 0.3 is 0 Å². The lowest BCUT2D eigenvalue weighted by Gasteiger charge is -2.14. The van der Waals surface area contributed by atoms with Crippen LogP contribution < -0.4 is 10.2 Å². The van der Waals surface area contributed by atoms with Crippen molar-refractivity contribution < 1.29 is 14.5 Å². The number of non-ortho nitro benzene ring substituents is 1. The Hall–Kier alpha value is -4.33. The molecule has 4 aromatic rings. The van der Waals surface area contributed by atoms with E-state index in [2.05, 4.69) is 4.98 Å². The van der Waals surface area contributed by atoms with E-state index in [0.717, 1.165) is 11.3 Å². The summed E-state index contributed by atoms with van der Waals surface area (Å²) in [7, 11) is 1.46. The molecule has 8 nitrogen and oxygen atoms in total. The zero-order chi connectivity index (χ0) is 22.8. The Balaban J connectivity index is 1.87. The second-order valence-corrected chi connectivity index (χ2v) is 7.28. The Morgan fingerprint density at radius 1 is 1.06 bits per heavy atom. The fourth-order valence-corrected chi connectivity index (χ4v) is 3.54. The number of carbonyl (C=O) groups excluding carboxylic acids is 1. The lowest BCUT2D eigenvalue weighted by atomic mass is 10.0. The standard InChI is InChI=1S/C24H19N3O5/c1-15-7-12-19-23(29)20(22(28)18-5-3-4-6-21(18)32-2)14-26(24(19)25-15)13-16-8-10-17(11-9-16)27(30)31/h3-12,14H,13H2,1-2H3. The zero-order valence-electron chi connectivity index (χ0n) is 17.4. The number of carbonyl (C=O) groups is 1. The summed E-state index contributed by atoms with van der Waals surface area (Å²) in [6.07, 6.45) is 1.49. The van der Waals surface area contributed by atoms with Crippen molar-refractivity contribution in [2.75, 3.05) is 7.11 Å². The molecule has 160 valence electrons. The first-order chi connectivity index (χ1) is 15.4. The van der Waals surface area contributed by atoms with E-state index in [0.29, 0.717) is 16.8 Å². The number of nitrogens with zero attached hydrogens (tertiary/aromatic N) is 3. The first-order valence-corrected chi connectivity index (χ1v) is 9.81. The SMILES string of the molecule is COc1ccccc1C(=O)c1cn(Cc2ccc([N+](=O)[O-])cc2)c2nc(C)ccc2c1=O. The molecule has 0 unspecified atom stereocenters. The van der Waals surface area contributed by atoms with Gasteiger partial charge < -0.3 is 9.30 Å². The summed E-state index contributed by atoms with van der Waals surface area (Å²) < 4.78 is 7.01. The van der Waals surface area contributed by atoms with E-state index in [9.17, 15) is 19.7 Å². The van der Waals surface area contributed by atoms with Crippen molar-refractivity contribution in [3.8, 4) is 5.75 Å². The third-order valence-corrected chi connectivity index (χ3v) is 5.16. The maximum atomic E-state index is 13.3. The zero-order valence-corrected chi connectivity index (χ0v) is 17.4. The topological polar surface area (TPSA) is 104 Å². The Morgan fingerprint density at radius 2 is 1.78 bits per heavy atom. The van der Waals surface area contributed by atoms with Gasteiger partial charge in [0.15, 0.2) is 0 Å². The van der Waals surface area contributed by atoms with Crippen LogP contribution in [0.1, 0.15) is 27.2 Å². The van der Waals surface area contributed by atoms with Gasteiger partial charge in [-0.2, -0.15) is 0 Å². The van der Waals surface area contributed by atoms with E-state index in [1.54, 1.807) is 53.1 Å². The minimum absolute atomic E-state index is 0.00503. The van der Waals surface area contributed by atoms with Gasteiger partial charge in [-0.3, -0.25) is 19.7 Å². The molecule has 2 aromatic heterocycles. The summed E-state index contributed by atoms with van der Waals surface area (Å²) in [5.74, 6) is -0.0756. The molecule has 0 aliphatic carbocycles. The molecule has 32 heavy (non-hydrogen) atoms. The van der Waals surface area contributed by atoms with Gasteiger partial charge in [0, 0.05) is 30.6 Å². The first kappa shape index (κ1) is 20.9. The highest BCUT2D eigenvalue weighted by Crippen LogP contribution is 2.22. The van der Waals surface area contributed by atoms with Gasteiger partial charge in [-0.05, 0) is 36.8 Å². The highest BCUT2D eigenvalue weighted by atomic mass is 16.6. The average molecular weight is 429 g/mol. The molecule has 0 spiro atoms. The summed E-state index contributed by atoms with van der Waals surface area (Å²) in [6.45, 7) is 2.09. The highest BCUT2D eigenvalue weighted by molar-refractivity contribution is 6.11. The third-order valence-electron chi connectivity index (χ3n) is 5.16. The summed E-state index contributed by atoms with van der Waals surface area (Å²) in [5, 5.41) is 11.3. The maximum Gasteiger partial charge on any atom is 0.269 e. The number of aromatic nitrogens is 2. The van der Waals surface area contributed by atoms with Gasteiger partial charge in [-0.15, -0.1) is 0 Å². The summed E-state index contributed by atoms with van der Waals surface area (Å²) >= 11 is 0. The Bertz CT molecular complexity index is 1410. The molecule has 0 aliphatic rings. The second kappa shape index (κ2) is 8.43. The van der Waals surface area contributed by atoms with Crippen LogP contribution in [0.4, 0.5) is 5.69 Å². The Labute approximate surface area is 182 Å². The van der Waals surface area contributed by atoms with E-state index in [-0.39, 0.29) is 23.4 Å². The van der Waals surface area contributed by atoms with Crippen molar-refractivity contribution in [1.29, 1.82) is 0 Å². The summed E-state index contributed by atoms with van der Waals surface area (Å²) in [5.41, 5.74) is 1.77. The van der Waals surface area contributed by atoms with Gasteiger partial charge in [0.1, 0.15) is 11.4 Å². The molecule has 8 heteroatoms. The minimum Gasteiger partial charge on any atom is -0.496 e. The van der Waals surface area contributed by atoms with Crippen LogP contribution in [0.2, 0.25) is 0 Å². The van der Waals surface area contributed by atoms with Crippen molar-refractivity contribution in [3.63, 3.8) is 0 Å². The van der Waals surface area contributed by atoms with Crippen LogP contribution in [0.5, 0.6) is 5.75 Å². The predicted octanol–water partition coefficient (Wildman–Crippen LogP) is 3.90. The molecule has 0 fully saturated rings. The minimum atomic E-state index is -0.465. The van der Waals surface area contributed by atoms with Gasteiger partial charge in [0.25, 0.3) is 5.69 Å². The van der Waals surface area contributed by atoms with Gasteiger partial charge in [-0.1, -0.05) is 24.3 Å². The van der Waals surface area contributed by atoms with Crippen molar-refractivity contribution in [2.24, 2.45) is 0 Å². The van der Waals surface area contributed by atoms with Crippen LogP contribution in [0.25, 0.3) is 11.0 Å². The molecule has 0 bridgehead atoms. The van der Waals surface area contributed by atoms with Crippen LogP contribution in [-0.4, -0.2) is 27.4 Å². The molecule has 0 radical (unpaired) electrons. The van der Waals surface area contributed by atoms with Crippen molar-refractivity contribution in [1.82, 2.24) is 9.55 Å². The molecule has 0 saturated heterocycles. The Kier molecular flexibility index (Phi) is 5.51. The molecule has 2 aromatic carbocycles. The molecule has 0 atom stereocenters. The fourth-order valence-electron chi connectivity index (χ4n) is 3.54. The third kappa shape index (κ3) is 3.85. The number of methoxy groups -OCH3 is 1. The van der Waals surface area contributed by atoms with Crippen molar-refractivity contribution >= 4 is 22.5 Å². The molecule has 0 saturated carbocycles. The number of nitro groups is 1. The molecule has 4 rings (SSSR count). The molecule has 0 N–H and O–H groups in total. The van der Waals surface area contributed by atoms with Crippen molar-refractivity contribution in [2.45, 2.75) is 13.5 Å². The number of fused-ring (bicyclic) bond motifs is 1. The van der Waals surface area contributed by atoms with Crippen molar-refractivity contribution in [3.05, 3.63) is 110 Å². The van der Waals surface area contributed by atoms with Crippen LogP contribution in [0, 0.1) is 17.0 Å². The number of para-hydroxylation sites is 1. The monoisotopic (exact) mass is 429 g/mol. The Morgan fingerprint density at radius 3 is 2.47 bits per heavy atom. The van der Waals surface area contributed by atoms with Gasteiger partial charge in [0.2, 0.25) is 11.2 Å². The molecular weight excluding hydrogens is 410 g/mol. The lowest BCUT2D eigenvalue weighted by molar-refractivity contribution is -0.384. The van der Waals surface area contributed by atoms with E-state index in [1.165, 1.54) is 25.4 Å². The number of hydrogen-bond acceptors (Lipinski definition) is 6. The smallest absolute Gasteiger partial charge is 0.269 e. The summed E-state index contributed by atoms with van der Waals surface area (Å²) in [6, 6.07) is 16.2. The number of ether oxygens (including phenoxy) is 1. The fraction of sp³-hybridized carbons (Fsp3) is 0.125. The second-order valence-electron chi connectivity index (χ2n) is 7.28. The molecule has 2 heterocycles. The van der Waals surface area contributed by atoms with Crippen LogP contribution in [-0.2, 0) is 6.54 Å². The number of nitro benzene ring substituents is 1. The van der Waals surface area contributed by atoms with Crippen LogP contribution >= 0.6 is 0 Å². The van der Waals surface area contributed by atoms with Crippen LogP contribution in [0.3, 0.4) is 0 Å². The highest BCUT2D eigenvalue weighted by Gasteiger charge is 2.21. The van der Waals surface area contributed by atoms with E-state index >= 15 is 0 Å². The first-order valence-electron chi connectivity index (χ1n) is 9.81. The number of pyridine rings is 2. The number of rotatable bonds is 6. The molecule has 0 amide bonds. The normalized spacial score (nSPS) is 10.8. The van der Waals surface area contributed by atoms with Gasteiger partial charge in [-0.25, -0.2) is 4.98 Å². The average Bonchev–Trinajstić information content (AvgIpc) is 2.80. The molecule has 0 aliphatic heterocycles. The van der Waals surface area contributed by atoms with Gasteiger partial charge in [0.05, 0.1) is 28.5 Å². The van der Waals surface area contributed by atoms with E-state index in [4.69, 9.17) is 4.74 Å². The number of benzene rings is 2. The summed E-state index contributed by atoms with van der Waals surface area (Å²) in [4.78, 5) is 41.5. The van der Waals surface area contributed by atoms with Crippen LogP contribution in [0.15, 0.2) is 71.7 Å². The maximum absolute atomic E-state index is 13.3. The lowest BCUT2D eigenvalue weighted by Crippen LogP contribution is -2.21. The number of ketones is 1. The largest absolute Gasteiger partial charge is 0.496 e. The van der Waals surface area contributed by atoms with E-state index in [1.807, 2.05) is 6.92 Å². The van der Waals surface area contributed by atoms with E-state index < -0.39 is 16.1 Å².